The normalized spacial score (nSPS) is 28.8. The Hall–Kier alpha value is -1.38. The summed E-state index contributed by atoms with van der Waals surface area (Å²) in [5, 5.41) is 0. The highest BCUT2D eigenvalue weighted by Crippen LogP contribution is 2.54. The van der Waals surface area contributed by atoms with Crippen molar-refractivity contribution in [3.05, 3.63) is 30.1 Å². The van der Waals surface area contributed by atoms with E-state index in [1.54, 1.807) is 0 Å². The molecule has 2 atom stereocenters. The quantitative estimate of drug-likeness (QED) is 0.813. The number of hydrogen-bond donors (Lipinski definition) is 0. The third-order valence-corrected chi connectivity index (χ3v) is 4.45. The van der Waals surface area contributed by atoms with Crippen LogP contribution in [0, 0.1) is 17.8 Å². The number of fused-ring (bicyclic) bond motifs is 1. The summed E-state index contributed by atoms with van der Waals surface area (Å²) in [5.74, 6) is 2.44. The Morgan fingerprint density at radius 1 is 1.28 bits per heavy atom. The number of aromatic nitrogens is 1. The molecule has 1 aromatic rings. The Balaban J connectivity index is 1.49. The zero-order valence-electron chi connectivity index (χ0n) is 10.9. The number of hydrogen-bond acceptors (Lipinski definition) is 2. The van der Waals surface area contributed by atoms with Gasteiger partial charge in [-0.25, -0.2) is 0 Å². The van der Waals surface area contributed by atoms with Gasteiger partial charge in [-0.3, -0.25) is 9.78 Å². The van der Waals surface area contributed by atoms with Gasteiger partial charge in [-0.1, -0.05) is 0 Å². The Morgan fingerprint density at radius 2 is 1.94 bits per heavy atom. The van der Waals surface area contributed by atoms with Crippen molar-refractivity contribution in [2.75, 3.05) is 13.6 Å². The summed E-state index contributed by atoms with van der Waals surface area (Å²) in [5.41, 5.74) is 1.25. The Bertz CT molecular complexity index is 421. The Labute approximate surface area is 108 Å². The van der Waals surface area contributed by atoms with Crippen molar-refractivity contribution in [2.45, 2.75) is 25.7 Å². The minimum atomic E-state index is 0.316. The molecular formula is C15H20N2O. The van der Waals surface area contributed by atoms with Gasteiger partial charge in [0.15, 0.2) is 0 Å². The van der Waals surface area contributed by atoms with Crippen LogP contribution in [0.4, 0.5) is 0 Å². The standard InChI is InChI=1S/C15H20N2O/c1-17(7-4-11-2-5-16-6-3-11)15(18)14-9-12-8-13(12)10-14/h2-3,5-6,12-14H,4,7-10H2,1H3. The zero-order valence-corrected chi connectivity index (χ0v) is 10.9. The second kappa shape index (κ2) is 4.71. The molecule has 3 nitrogen and oxygen atoms in total. The van der Waals surface area contributed by atoms with Crippen molar-refractivity contribution in [1.82, 2.24) is 9.88 Å². The highest BCUT2D eigenvalue weighted by Gasteiger charge is 2.48. The monoisotopic (exact) mass is 244 g/mol. The van der Waals surface area contributed by atoms with Crippen LogP contribution in [0.2, 0.25) is 0 Å². The van der Waals surface area contributed by atoms with Crippen LogP contribution in [0.1, 0.15) is 24.8 Å². The fourth-order valence-electron chi connectivity index (χ4n) is 3.18. The number of rotatable bonds is 4. The Kier molecular flexibility index (Phi) is 3.06. The topological polar surface area (TPSA) is 33.2 Å². The lowest BCUT2D eigenvalue weighted by molar-refractivity contribution is -0.134. The van der Waals surface area contributed by atoms with Crippen LogP contribution in [0.15, 0.2) is 24.5 Å². The summed E-state index contributed by atoms with van der Waals surface area (Å²) >= 11 is 0. The summed E-state index contributed by atoms with van der Waals surface area (Å²) in [6.45, 7) is 0.814. The average Bonchev–Trinajstić information content (AvgIpc) is 3.03. The molecule has 1 amide bonds. The minimum absolute atomic E-state index is 0.316. The van der Waals surface area contributed by atoms with Crippen LogP contribution in [-0.4, -0.2) is 29.4 Å². The van der Waals surface area contributed by atoms with Crippen molar-refractivity contribution in [3.8, 4) is 0 Å². The van der Waals surface area contributed by atoms with E-state index < -0.39 is 0 Å². The maximum Gasteiger partial charge on any atom is 0.225 e. The molecule has 0 N–H and O–H groups in total. The molecule has 2 unspecified atom stereocenters. The van der Waals surface area contributed by atoms with Crippen LogP contribution in [0.25, 0.3) is 0 Å². The predicted octanol–water partition coefficient (Wildman–Crippen LogP) is 2.13. The van der Waals surface area contributed by atoms with Gasteiger partial charge in [0, 0.05) is 31.9 Å². The fourth-order valence-corrected chi connectivity index (χ4v) is 3.18. The molecule has 3 rings (SSSR count). The van der Waals surface area contributed by atoms with Crippen molar-refractivity contribution >= 4 is 5.91 Å². The average molecular weight is 244 g/mol. The van der Waals surface area contributed by atoms with Crippen molar-refractivity contribution in [2.24, 2.45) is 17.8 Å². The van der Waals surface area contributed by atoms with Gasteiger partial charge in [-0.05, 0) is 55.2 Å². The van der Waals surface area contributed by atoms with Gasteiger partial charge < -0.3 is 4.90 Å². The van der Waals surface area contributed by atoms with Crippen LogP contribution in [-0.2, 0) is 11.2 Å². The zero-order chi connectivity index (χ0) is 12.5. The molecule has 0 bridgehead atoms. The molecule has 2 saturated carbocycles. The van der Waals surface area contributed by atoms with E-state index in [-0.39, 0.29) is 0 Å². The van der Waals surface area contributed by atoms with E-state index in [1.807, 2.05) is 36.5 Å². The first-order chi connectivity index (χ1) is 8.74. The van der Waals surface area contributed by atoms with E-state index >= 15 is 0 Å². The van der Waals surface area contributed by atoms with E-state index in [2.05, 4.69) is 4.98 Å². The predicted molar refractivity (Wildman–Crippen MR) is 69.9 cm³/mol. The first-order valence-corrected chi connectivity index (χ1v) is 6.88. The molecule has 3 heteroatoms. The number of pyridine rings is 1. The lowest BCUT2D eigenvalue weighted by Gasteiger charge is -2.21. The number of amides is 1. The van der Waals surface area contributed by atoms with Gasteiger partial charge in [0.2, 0.25) is 5.91 Å². The summed E-state index contributed by atoms with van der Waals surface area (Å²) in [7, 11) is 1.94. The SMILES string of the molecule is CN(CCc1ccncc1)C(=O)C1CC2CC2C1. The molecule has 2 aliphatic rings. The number of carbonyl (C=O) groups is 1. The highest BCUT2D eigenvalue weighted by atomic mass is 16.2. The molecule has 2 fully saturated rings. The highest BCUT2D eigenvalue weighted by molar-refractivity contribution is 5.79. The van der Waals surface area contributed by atoms with Crippen molar-refractivity contribution in [1.29, 1.82) is 0 Å². The molecular weight excluding hydrogens is 224 g/mol. The first-order valence-electron chi connectivity index (χ1n) is 6.88. The number of carbonyl (C=O) groups excluding carboxylic acids is 1. The van der Waals surface area contributed by atoms with Gasteiger partial charge in [0.1, 0.15) is 0 Å². The van der Waals surface area contributed by atoms with E-state index in [9.17, 15) is 4.79 Å². The van der Waals surface area contributed by atoms with E-state index in [0.717, 1.165) is 37.6 Å². The van der Waals surface area contributed by atoms with E-state index in [1.165, 1.54) is 12.0 Å². The summed E-state index contributed by atoms with van der Waals surface area (Å²) < 4.78 is 0. The minimum Gasteiger partial charge on any atom is -0.345 e. The third-order valence-electron chi connectivity index (χ3n) is 4.45. The van der Waals surface area contributed by atoms with Crippen molar-refractivity contribution < 1.29 is 4.79 Å². The van der Waals surface area contributed by atoms with Crippen LogP contribution >= 0.6 is 0 Å². The van der Waals surface area contributed by atoms with Gasteiger partial charge in [-0.15, -0.1) is 0 Å². The molecule has 0 aliphatic heterocycles. The number of likely N-dealkylation sites (N-methyl/N-ethyl adjacent to an activating group) is 1. The van der Waals surface area contributed by atoms with E-state index in [4.69, 9.17) is 0 Å². The molecule has 0 spiro atoms. The van der Waals surface area contributed by atoms with Gasteiger partial charge in [-0.2, -0.15) is 0 Å². The fraction of sp³-hybridized carbons (Fsp3) is 0.600. The first kappa shape index (κ1) is 11.7. The van der Waals surface area contributed by atoms with Crippen molar-refractivity contribution in [3.63, 3.8) is 0 Å². The molecule has 0 radical (unpaired) electrons. The van der Waals surface area contributed by atoms with E-state index in [0.29, 0.717) is 11.8 Å². The third kappa shape index (κ3) is 2.40. The summed E-state index contributed by atoms with van der Waals surface area (Å²) in [4.78, 5) is 18.2. The number of nitrogens with zero attached hydrogens (tertiary/aromatic N) is 2. The molecule has 1 aromatic heterocycles. The molecule has 0 aromatic carbocycles. The molecule has 96 valence electrons. The van der Waals surface area contributed by atoms with Crippen LogP contribution in [0.5, 0.6) is 0 Å². The second-order valence-corrected chi connectivity index (χ2v) is 5.79. The Morgan fingerprint density at radius 3 is 2.61 bits per heavy atom. The van der Waals surface area contributed by atoms with Crippen LogP contribution in [0.3, 0.4) is 0 Å². The lowest BCUT2D eigenvalue weighted by atomic mass is 10.0. The molecule has 2 aliphatic carbocycles. The largest absolute Gasteiger partial charge is 0.345 e. The molecule has 0 saturated heterocycles. The maximum absolute atomic E-state index is 12.2. The summed E-state index contributed by atoms with van der Waals surface area (Å²) in [6, 6.07) is 4.03. The second-order valence-electron chi connectivity index (χ2n) is 5.79. The smallest absolute Gasteiger partial charge is 0.225 e. The van der Waals surface area contributed by atoms with Gasteiger partial charge in [0.05, 0.1) is 0 Å². The summed E-state index contributed by atoms with van der Waals surface area (Å²) in [6.07, 6.45) is 8.20. The maximum atomic E-state index is 12.2. The van der Waals surface area contributed by atoms with Crippen LogP contribution < -0.4 is 0 Å². The lowest BCUT2D eigenvalue weighted by Crippen LogP contribution is -2.33. The van der Waals surface area contributed by atoms with Gasteiger partial charge in [0.25, 0.3) is 0 Å². The molecule has 18 heavy (non-hydrogen) atoms. The van der Waals surface area contributed by atoms with Gasteiger partial charge >= 0.3 is 0 Å². The molecule has 1 heterocycles.